The molecule has 0 radical (unpaired) electrons. The molecule has 0 aliphatic rings. The third-order valence-electron chi connectivity index (χ3n) is 11.1. The van der Waals surface area contributed by atoms with E-state index in [0.717, 1.165) is 71.8 Å². The quantitative estimate of drug-likeness (QED) is 0.184. The molecule has 11 aromatic rings. The van der Waals surface area contributed by atoms with Crippen molar-refractivity contribution in [1.82, 2.24) is 13.7 Å². The minimum absolute atomic E-state index is 0.602. The second-order valence-electron chi connectivity index (χ2n) is 14.0. The average molecular weight is 700 g/mol. The molecular weight excluding hydrogens is 671 g/mol. The van der Waals surface area contributed by atoms with E-state index in [-0.39, 0.29) is 0 Å². The molecule has 0 aliphatic heterocycles. The summed E-state index contributed by atoms with van der Waals surface area (Å²) in [6.45, 7) is 0. The molecule has 0 aliphatic carbocycles. The van der Waals surface area contributed by atoms with Crippen molar-refractivity contribution >= 4 is 65.4 Å². The van der Waals surface area contributed by atoms with Gasteiger partial charge >= 0.3 is 0 Å². The van der Waals surface area contributed by atoms with Crippen molar-refractivity contribution in [1.29, 1.82) is 10.5 Å². The van der Waals surface area contributed by atoms with E-state index in [2.05, 4.69) is 165 Å². The van der Waals surface area contributed by atoms with Crippen LogP contribution >= 0.6 is 0 Å². The van der Waals surface area contributed by atoms with Gasteiger partial charge < -0.3 is 13.7 Å². The van der Waals surface area contributed by atoms with Gasteiger partial charge in [0.05, 0.1) is 62.1 Å². The van der Waals surface area contributed by atoms with Crippen LogP contribution in [0.2, 0.25) is 0 Å². The van der Waals surface area contributed by atoms with Crippen LogP contribution in [0.4, 0.5) is 0 Å². The van der Waals surface area contributed by atoms with Gasteiger partial charge in [0.15, 0.2) is 0 Å². The predicted molar refractivity (Wildman–Crippen MR) is 224 cm³/mol. The van der Waals surface area contributed by atoms with Gasteiger partial charge in [0.2, 0.25) is 0 Å². The molecule has 55 heavy (non-hydrogen) atoms. The number of rotatable bonds is 4. The molecule has 0 spiro atoms. The van der Waals surface area contributed by atoms with E-state index in [1.54, 1.807) is 0 Å². The summed E-state index contributed by atoms with van der Waals surface area (Å²) in [6, 6.07) is 65.9. The first-order valence-electron chi connectivity index (χ1n) is 18.3. The molecule has 8 aromatic carbocycles. The van der Waals surface area contributed by atoms with Crippen LogP contribution in [0.3, 0.4) is 0 Å². The minimum atomic E-state index is 0.602. The van der Waals surface area contributed by atoms with E-state index in [1.165, 1.54) is 21.8 Å². The van der Waals surface area contributed by atoms with E-state index >= 15 is 0 Å². The maximum absolute atomic E-state index is 10.6. The van der Waals surface area contributed by atoms with Crippen molar-refractivity contribution in [3.8, 4) is 40.3 Å². The second kappa shape index (κ2) is 11.8. The lowest BCUT2D eigenvalue weighted by atomic mass is 9.99. The van der Waals surface area contributed by atoms with Crippen molar-refractivity contribution in [2.75, 3.05) is 0 Å². The Morgan fingerprint density at radius 3 is 1.53 bits per heavy atom. The molecule has 254 valence electrons. The normalized spacial score (nSPS) is 11.6. The summed E-state index contributed by atoms with van der Waals surface area (Å²) >= 11 is 0. The molecule has 0 atom stereocenters. The van der Waals surface area contributed by atoms with E-state index in [4.69, 9.17) is 0 Å². The fourth-order valence-corrected chi connectivity index (χ4v) is 8.77. The van der Waals surface area contributed by atoms with Crippen LogP contribution in [0, 0.1) is 22.7 Å². The second-order valence-corrected chi connectivity index (χ2v) is 14.0. The molecule has 0 saturated heterocycles. The smallest absolute Gasteiger partial charge is 0.0998 e. The van der Waals surface area contributed by atoms with Crippen molar-refractivity contribution in [3.63, 3.8) is 0 Å². The predicted octanol–water partition coefficient (Wildman–Crippen LogP) is 12.4. The van der Waals surface area contributed by atoms with Crippen LogP contribution in [-0.2, 0) is 0 Å². The van der Waals surface area contributed by atoms with E-state index in [1.807, 2.05) is 36.4 Å². The van der Waals surface area contributed by atoms with Gasteiger partial charge in [-0.1, -0.05) is 103 Å². The third-order valence-corrected chi connectivity index (χ3v) is 11.1. The summed E-state index contributed by atoms with van der Waals surface area (Å²) in [5.74, 6) is 0. The van der Waals surface area contributed by atoms with Crippen LogP contribution in [0.1, 0.15) is 11.1 Å². The lowest BCUT2D eigenvalue weighted by Gasteiger charge is -2.13. The maximum Gasteiger partial charge on any atom is 0.0998 e. The van der Waals surface area contributed by atoms with Crippen LogP contribution in [-0.4, -0.2) is 13.7 Å². The number of hydrogen-bond acceptors (Lipinski definition) is 2. The summed E-state index contributed by atoms with van der Waals surface area (Å²) in [4.78, 5) is 0. The topological polar surface area (TPSA) is 62.4 Å². The van der Waals surface area contributed by atoms with Crippen molar-refractivity contribution < 1.29 is 0 Å². The van der Waals surface area contributed by atoms with Crippen LogP contribution in [0.25, 0.3) is 93.6 Å². The molecule has 0 saturated carbocycles. The molecular formula is C50H29N5. The van der Waals surface area contributed by atoms with Crippen molar-refractivity contribution in [2.45, 2.75) is 0 Å². The van der Waals surface area contributed by atoms with Crippen LogP contribution in [0.5, 0.6) is 0 Å². The van der Waals surface area contributed by atoms with Gasteiger partial charge in [-0.3, -0.25) is 0 Å². The average Bonchev–Trinajstić information content (AvgIpc) is 3.89. The summed E-state index contributed by atoms with van der Waals surface area (Å²) in [7, 11) is 0. The third kappa shape index (κ3) is 4.45. The van der Waals surface area contributed by atoms with Crippen LogP contribution < -0.4 is 0 Å². The molecule has 0 bridgehead atoms. The highest BCUT2D eigenvalue weighted by molar-refractivity contribution is 6.16. The largest absolute Gasteiger partial charge is 0.309 e. The molecule has 3 aromatic heterocycles. The van der Waals surface area contributed by atoms with Gasteiger partial charge in [0.25, 0.3) is 0 Å². The van der Waals surface area contributed by atoms with E-state index < -0.39 is 0 Å². The Balaban J connectivity index is 1.06. The van der Waals surface area contributed by atoms with Gasteiger partial charge in [-0.05, 0) is 83.9 Å². The molecule has 5 heteroatoms. The summed E-state index contributed by atoms with van der Waals surface area (Å²) < 4.78 is 6.88. The fourth-order valence-electron chi connectivity index (χ4n) is 8.77. The zero-order chi connectivity index (χ0) is 36.6. The first kappa shape index (κ1) is 30.7. The molecule has 0 unspecified atom stereocenters. The monoisotopic (exact) mass is 699 g/mol. The Morgan fingerprint density at radius 1 is 0.364 bits per heavy atom. The summed E-state index contributed by atoms with van der Waals surface area (Å²) in [5, 5.41) is 27.3. The number of nitriles is 2. The highest BCUT2D eigenvalue weighted by atomic mass is 15.0. The van der Waals surface area contributed by atoms with Gasteiger partial charge in [0.1, 0.15) is 0 Å². The number of benzene rings is 8. The zero-order valence-corrected chi connectivity index (χ0v) is 29.5. The SMILES string of the molecule is N#Cc1ccc2c3ccccc3n(-c3ccc(-c4ccc(-n5c6ccccc6c6c(-n7c8ccccc8c8ccccc87)cccc65)cc4C#N)cc3)c2c1. The molecule has 5 nitrogen and oxygen atoms in total. The van der Waals surface area contributed by atoms with E-state index in [0.29, 0.717) is 11.1 Å². The lowest BCUT2D eigenvalue weighted by molar-refractivity contribution is 1.17. The summed E-state index contributed by atoms with van der Waals surface area (Å²) in [6.07, 6.45) is 0. The standard InChI is InChI=1S/C50H29N5/c51-30-32-20-26-41-40-12-1-5-14-43(40)53(49(41)28-32)35-23-21-33(22-24-35)37-27-25-36(29-34(37)31-52)54-46-17-8-4-13-42(46)50-47(54)18-9-19-48(50)55-44-15-6-2-10-38(44)39-11-3-7-16-45(39)55/h1-29H. The summed E-state index contributed by atoms with van der Waals surface area (Å²) in [5.41, 5.74) is 12.7. The molecule has 0 amide bonds. The number of para-hydroxylation sites is 4. The number of nitrogens with zero attached hydrogens (tertiary/aromatic N) is 5. The first-order valence-corrected chi connectivity index (χ1v) is 18.3. The fraction of sp³-hybridized carbons (Fsp3) is 0. The van der Waals surface area contributed by atoms with Gasteiger partial charge in [-0.2, -0.15) is 10.5 Å². The van der Waals surface area contributed by atoms with Gasteiger partial charge in [-0.15, -0.1) is 0 Å². The highest BCUT2D eigenvalue weighted by Crippen LogP contribution is 2.41. The Labute approximate surface area is 316 Å². The number of hydrogen-bond donors (Lipinski definition) is 0. The Morgan fingerprint density at radius 2 is 0.891 bits per heavy atom. The molecule has 3 heterocycles. The Kier molecular flexibility index (Phi) is 6.61. The molecule has 0 N–H and O–H groups in total. The maximum atomic E-state index is 10.6. The van der Waals surface area contributed by atoms with E-state index in [9.17, 15) is 10.5 Å². The number of aromatic nitrogens is 3. The highest BCUT2D eigenvalue weighted by Gasteiger charge is 2.20. The minimum Gasteiger partial charge on any atom is -0.309 e. The Hall–Kier alpha value is -7.86. The molecule has 0 fully saturated rings. The lowest BCUT2D eigenvalue weighted by Crippen LogP contribution is -1.98. The van der Waals surface area contributed by atoms with Gasteiger partial charge in [0, 0.05) is 43.7 Å². The van der Waals surface area contributed by atoms with Crippen molar-refractivity contribution in [2.24, 2.45) is 0 Å². The van der Waals surface area contributed by atoms with Gasteiger partial charge in [-0.25, -0.2) is 0 Å². The molecule has 11 rings (SSSR count). The zero-order valence-electron chi connectivity index (χ0n) is 29.5. The Bertz CT molecular complexity index is 3400. The number of fused-ring (bicyclic) bond motifs is 9. The van der Waals surface area contributed by atoms with Crippen LogP contribution in [0.15, 0.2) is 176 Å². The first-order chi connectivity index (χ1) is 27.2. The van der Waals surface area contributed by atoms with Crippen molar-refractivity contribution in [3.05, 3.63) is 187 Å².